The highest BCUT2D eigenvalue weighted by molar-refractivity contribution is 5.97. The Kier molecular flexibility index (Phi) is 3.90. The van der Waals surface area contributed by atoms with Gasteiger partial charge in [0.15, 0.2) is 5.78 Å². The Morgan fingerprint density at radius 2 is 2.16 bits per heavy atom. The van der Waals surface area contributed by atoms with Crippen LogP contribution in [0.4, 0.5) is 4.39 Å². The van der Waals surface area contributed by atoms with Crippen molar-refractivity contribution in [2.24, 2.45) is 5.92 Å². The summed E-state index contributed by atoms with van der Waals surface area (Å²) in [6, 6.07) is 2.80. The maximum Gasteiger partial charge on any atom is 0.163 e. The molecule has 0 spiro atoms. The third-order valence-electron chi connectivity index (χ3n) is 3.95. The number of phenols is 1. The van der Waals surface area contributed by atoms with Crippen LogP contribution in [0.25, 0.3) is 0 Å². The van der Waals surface area contributed by atoms with Gasteiger partial charge in [-0.2, -0.15) is 0 Å². The Balaban J connectivity index is 2.21. The standard InChI is InChI=1S/C15H20FNO2/c1-9(11-4-5-11)17(3)8-12-6-13(16)7-14(10(2)18)15(12)19/h6-7,9,11,19H,4-5,8H2,1-3H3. The molecule has 1 aliphatic rings. The summed E-state index contributed by atoms with van der Waals surface area (Å²) in [5.41, 5.74) is 0.530. The molecule has 0 aromatic heterocycles. The van der Waals surface area contributed by atoms with Crippen LogP contribution in [0.5, 0.6) is 5.75 Å². The number of ketones is 1. The van der Waals surface area contributed by atoms with Gasteiger partial charge >= 0.3 is 0 Å². The van der Waals surface area contributed by atoms with Crippen LogP contribution in [0, 0.1) is 11.7 Å². The maximum atomic E-state index is 13.5. The van der Waals surface area contributed by atoms with Crippen molar-refractivity contribution in [3.63, 3.8) is 0 Å². The second-order valence-corrected chi connectivity index (χ2v) is 5.51. The monoisotopic (exact) mass is 265 g/mol. The molecule has 1 saturated carbocycles. The Bertz CT molecular complexity index is 497. The molecule has 1 aromatic carbocycles. The predicted molar refractivity (Wildman–Crippen MR) is 71.7 cm³/mol. The van der Waals surface area contributed by atoms with Gasteiger partial charge in [-0.05, 0) is 51.8 Å². The molecule has 19 heavy (non-hydrogen) atoms. The van der Waals surface area contributed by atoms with E-state index >= 15 is 0 Å². The molecule has 0 radical (unpaired) electrons. The molecule has 1 N–H and O–H groups in total. The quantitative estimate of drug-likeness (QED) is 0.832. The van der Waals surface area contributed by atoms with Crippen molar-refractivity contribution >= 4 is 5.78 Å². The van der Waals surface area contributed by atoms with E-state index in [9.17, 15) is 14.3 Å². The van der Waals surface area contributed by atoms with E-state index in [4.69, 9.17) is 0 Å². The summed E-state index contributed by atoms with van der Waals surface area (Å²) in [6.07, 6.45) is 2.47. The lowest BCUT2D eigenvalue weighted by atomic mass is 10.0. The van der Waals surface area contributed by atoms with Crippen molar-refractivity contribution in [2.75, 3.05) is 7.05 Å². The van der Waals surface area contributed by atoms with Crippen LogP contribution in [0.3, 0.4) is 0 Å². The van der Waals surface area contributed by atoms with Gasteiger partial charge in [0.2, 0.25) is 0 Å². The Labute approximate surface area is 113 Å². The normalized spacial score (nSPS) is 16.7. The maximum absolute atomic E-state index is 13.5. The van der Waals surface area contributed by atoms with Crippen LogP contribution in [0.15, 0.2) is 12.1 Å². The van der Waals surface area contributed by atoms with Gasteiger partial charge in [-0.15, -0.1) is 0 Å². The van der Waals surface area contributed by atoms with Crippen LogP contribution < -0.4 is 0 Å². The highest BCUT2D eigenvalue weighted by atomic mass is 19.1. The Morgan fingerprint density at radius 3 is 2.68 bits per heavy atom. The molecule has 0 bridgehead atoms. The minimum absolute atomic E-state index is 0.0578. The molecule has 1 unspecified atom stereocenters. The highest BCUT2D eigenvalue weighted by Gasteiger charge is 2.30. The van der Waals surface area contributed by atoms with Gasteiger partial charge in [-0.25, -0.2) is 4.39 Å². The van der Waals surface area contributed by atoms with E-state index < -0.39 is 5.82 Å². The van der Waals surface area contributed by atoms with Crippen molar-refractivity contribution in [3.05, 3.63) is 29.1 Å². The zero-order valence-corrected chi connectivity index (χ0v) is 11.6. The van der Waals surface area contributed by atoms with E-state index in [1.54, 1.807) is 0 Å². The number of halogens is 1. The van der Waals surface area contributed by atoms with Gasteiger partial charge in [-0.3, -0.25) is 9.69 Å². The summed E-state index contributed by atoms with van der Waals surface area (Å²) in [4.78, 5) is 13.5. The summed E-state index contributed by atoms with van der Waals surface area (Å²) >= 11 is 0. The predicted octanol–water partition coefficient (Wildman–Crippen LogP) is 2.96. The number of phenolic OH excluding ortho intramolecular Hbond substituents is 1. The smallest absolute Gasteiger partial charge is 0.163 e. The number of carbonyl (C=O) groups excluding carboxylic acids is 1. The van der Waals surface area contributed by atoms with E-state index in [1.807, 2.05) is 7.05 Å². The molecule has 3 nitrogen and oxygen atoms in total. The minimum Gasteiger partial charge on any atom is -0.507 e. The number of nitrogens with zero attached hydrogens (tertiary/aromatic N) is 1. The summed E-state index contributed by atoms with van der Waals surface area (Å²) in [7, 11) is 1.96. The number of Topliss-reactive ketones (excluding diaryl/α,β-unsaturated/α-hetero) is 1. The van der Waals surface area contributed by atoms with Crippen LogP contribution in [-0.2, 0) is 6.54 Å². The van der Waals surface area contributed by atoms with Crippen molar-refractivity contribution in [3.8, 4) is 5.75 Å². The zero-order chi connectivity index (χ0) is 14.2. The fourth-order valence-corrected chi connectivity index (χ4v) is 2.40. The number of hydrogen-bond donors (Lipinski definition) is 1. The molecule has 1 fully saturated rings. The first-order valence-corrected chi connectivity index (χ1v) is 6.62. The molecule has 0 heterocycles. The van der Waals surface area contributed by atoms with Crippen LogP contribution >= 0.6 is 0 Å². The molecule has 0 aliphatic heterocycles. The SMILES string of the molecule is CC(=O)c1cc(F)cc(CN(C)C(C)C2CC2)c1O. The lowest BCUT2D eigenvalue weighted by Gasteiger charge is -2.25. The molecule has 0 saturated heterocycles. The third kappa shape index (κ3) is 3.13. The van der Waals surface area contributed by atoms with Crippen LogP contribution in [0.2, 0.25) is 0 Å². The van der Waals surface area contributed by atoms with Gasteiger partial charge in [0, 0.05) is 18.2 Å². The van der Waals surface area contributed by atoms with Gasteiger partial charge in [0.05, 0.1) is 5.56 Å². The third-order valence-corrected chi connectivity index (χ3v) is 3.95. The van der Waals surface area contributed by atoms with Crippen molar-refractivity contribution in [1.29, 1.82) is 0 Å². The molecule has 0 amide bonds. The minimum atomic E-state index is -0.481. The number of benzene rings is 1. The first-order chi connectivity index (χ1) is 8.90. The molecule has 104 valence electrons. The molecule has 1 aliphatic carbocycles. The zero-order valence-electron chi connectivity index (χ0n) is 11.6. The number of hydrogen-bond acceptors (Lipinski definition) is 3. The Morgan fingerprint density at radius 1 is 1.53 bits per heavy atom. The lowest BCUT2D eigenvalue weighted by Crippen LogP contribution is -2.30. The molecule has 1 aromatic rings. The van der Waals surface area contributed by atoms with Crippen molar-refractivity contribution in [2.45, 2.75) is 39.3 Å². The largest absolute Gasteiger partial charge is 0.507 e. The number of aromatic hydroxyl groups is 1. The lowest BCUT2D eigenvalue weighted by molar-refractivity contribution is 0.101. The summed E-state index contributed by atoms with van der Waals surface area (Å²) in [5, 5.41) is 10.1. The second kappa shape index (κ2) is 5.29. The van der Waals surface area contributed by atoms with E-state index in [2.05, 4.69) is 11.8 Å². The van der Waals surface area contributed by atoms with Gasteiger partial charge in [0.25, 0.3) is 0 Å². The van der Waals surface area contributed by atoms with Crippen LogP contribution in [-0.4, -0.2) is 28.9 Å². The first kappa shape index (κ1) is 14.0. The summed E-state index contributed by atoms with van der Waals surface area (Å²) in [5.74, 6) is -0.196. The van der Waals surface area contributed by atoms with E-state index in [0.717, 1.165) is 6.07 Å². The average molecular weight is 265 g/mol. The first-order valence-electron chi connectivity index (χ1n) is 6.62. The fourth-order valence-electron chi connectivity index (χ4n) is 2.40. The average Bonchev–Trinajstić information content (AvgIpc) is 3.16. The van der Waals surface area contributed by atoms with E-state index in [1.165, 1.54) is 25.8 Å². The van der Waals surface area contributed by atoms with Gasteiger partial charge in [-0.1, -0.05) is 0 Å². The summed E-state index contributed by atoms with van der Waals surface area (Å²) < 4.78 is 13.5. The molecular weight excluding hydrogens is 245 g/mol. The van der Waals surface area contributed by atoms with Crippen molar-refractivity contribution < 1.29 is 14.3 Å². The summed E-state index contributed by atoms with van der Waals surface area (Å²) in [6.45, 7) is 3.91. The molecule has 2 rings (SSSR count). The molecular formula is C15H20FNO2. The number of rotatable bonds is 5. The van der Waals surface area contributed by atoms with Gasteiger partial charge < -0.3 is 5.11 Å². The molecule has 4 heteroatoms. The van der Waals surface area contributed by atoms with E-state index in [-0.39, 0.29) is 17.1 Å². The topological polar surface area (TPSA) is 40.5 Å². The van der Waals surface area contributed by atoms with Crippen LogP contribution in [0.1, 0.15) is 42.6 Å². The number of carbonyl (C=O) groups is 1. The fraction of sp³-hybridized carbons (Fsp3) is 0.533. The van der Waals surface area contributed by atoms with Gasteiger partial charge in [0.1, 0.15) is 11.6 Å². The van der Waals surface area contributed by atoms with E-state index in [0.29, 0.717) is 24.1 Å². The highest BCUT2D eigenvalue weighted by Crippen LogP contribution is 2.35. The second-order valence-electron chi connectivity index (χ2n) is 5.51. The molecule has 1 atom stereocenters. The Hall–Kier alpha value is -1.42. The van der Waals surface area contributed by atoms with Crippen molar-refractivity contribution in [1.82, 2.24) is 4.90 Å².